The van der Waals surface area contributed by atoms with Crippen molar-refractivity contribution in [2.75, 3.05) is 6.54 Å². The molecular weight excluding hydrogens is 231 g/mol. The third-order valence-corrected chi connectivity index (χ3v) is 2.53. The SMILES string of the molecule is CCCNCc1ncn(Cc2cccc(F)c2)n1. The molecule has 0 atom stereocenters. The van der Waals surface area contributed by atoms with Crippen LogP contribution in [0.25, 0.3) is 0 Å². The molecule has 18 heavy (non-hydrogen) atoms. The molecule has 1 heterocycles. The van der Waals surface area contributed by atoms with Crippen LogP contribution in [0.5, 0.6) is 0 Å². The van der Waals surface area contributed by atoms with Gasteiger partial charge >= 0.3 is 0 Å². The van der Waals surface area contributed by atoms with Crippen molar-refractivity contribution in [3.63, 3.8) is 0 Å². The topological polar surface area (TPSA) is 42.7 Å². The Hall–Kier alpha value is -1.75. The predicted octanol–water partition coefficient (Wildman–Crippen LogP) is 1.97. The van der Waals surface area contributed by atoms with E-state index in [0.29, 0.717) is 13.1 Å². The maximum atomic E-state index is 13.0. The van der Waals surface area contributed by atoms with E-state index >= 15 is 0 Å². The lowest BCUT2D eigenvalue weighted by Gasteiger charge is -2.01. The first-order chi connectivity index (χ1) is 8.78. The second-order valence-electron chi connectivity index (χ2n) is 4.17. The van der Waals surface area contributed by atoms with E-state index in [1.54, 1.807) is 17.1 Å². The number of hydrogen-bond acceptors (Lipinski definition) is 3. The number of nitrogens with zero attached hydrogens (tertiary/aromatic N) is 3. The van der Waals surface area contributed by atoms with Gasteiger partial charge in [-0.1, -0.05) is 19.1 Å². The summed E-state index contributed by atoms with van der Waals surface area (Å²) in [5, 5.41) is 7.57. The smallest absolute Gasteiger partial charge is 0.164 e. The summed E-state index contributed by atoms with van der Waals surface area (Å²) in [4.78, 5) is 4.20. The van der Waals surface area contributed by atoms with E-state index in [0.717, 1.165) is 24.4 Å². The third kappa shape index (κ3) is 3.63. The van der Waals surface area contributed by atoms with E-state index in [1.807, 2.05) is 6.07 Å². The van der Waals surface area contributed by atoms with Crippen molar-refractivity contribution in [1.82, 2.24) is 20.1 Å². The van der Waals surface area contributed by atoms with Gasteiger partial charge in [0.25, 0.3) is 0 Å². The molecule has 96 valence electrons. The monoisotopic (exact) mass is 248 g/mol. The summed E-state index contributed by atoms with van der Waals surface area (Å²) >= 11 is 0. The van der Waals surface area contributed by atoms with Crippen molar-refractivity contribution >= 4 is 0 Å². The van der Waals surface area contributed by atoms with Crippen LogP contribution in [0.2, 0.25) is 0 Å². The lowest BCUT2D eigenvalue weighted by Crippen LogP contribution is -2.15. The van der Waals surface area contributed by atoms with Crippen molar-refractivity contribution in [3.8, 4) is 0 Å². The highest BCUT2D eigenvalue weighted by atomic mass is 19.1. The molecule has 2 rings (SSSR count). The van der Waals surface area contributed by atoms with Crippen LogP contribution in [0.1, 0.15) is 24.7 Å². The first kappa shape index (κ1) is 12.7. The van der Waals surface area contributed by atoms with Gasteiger partial charge in [-0.2, -0.15) is 5.10 Å². The van der Waals surface area contributed by atoms with Gasteiger partial charge in [0.05, 0.1) is 13.1 Å². The molecule has 2 aromatic rings. The van der Waals surface area contributed by atoms with Crippen LogP contribution in [0.4, 0.5) is 4.39 Å². The first-order valence-corrected chi connectivity index (χ1v) is 6.11. The molecule has 0 spiro atoms. The van der Waals surface area contributed by atoms with Crippen molar-refractivity contribution in [3.05, 3.63) is 47.8 Å². The molecule has 5 heteroatoms. The van der Waals surface area contributed by atoms with E-state index < -0.39 is 0 Å². The number of halogens is 1. The van der Waals surface area contributed by atoms with Crippen molar-refractivity contribution in [2.24, 2.45) is 0 Å². The molecule has 4 nitrogen and oxygen atoms in total. The van der Waals surface area contributed by atoms with Gasteiger partial charge in [0, 0.05) is 0 Å². The maximum Gasteiger partial charge on any atom is 0.164 e. The number of rotatable bonds is 6. The molecule has 1 N–H and O–H groups in total. The fourth-order valence-corrected chi connectivity index (χ4v) is 1.69. The Kier molecular flexibility index (Phi) is 4.41. The summed E-state index contributed by atoms with van der Waals surface area (Å²) in [5.74, 6) is 0.539. The quantitative estimate of drug-likeness (QED) is 0.795. The summed E-state index contributed by atoms with van der Waals surface area (Å²) in [5.41, 5.74) is 0.882. The normalized spacial score (nSPS) is 10.8. The van der Waals surface area contributed by atoms with Gasteiger partial charge in [0.15, 0.2) is 5.82 Å². The van der Waals surface area contributed by atoms with Gasteiger partial charge in [-0.25, -0.2) is 14.1 Å². The summed E-state index contributed by atoms with van der Waals surface area (Å²) in [6.45, 7) is 4.28. The zero-order valence-corrected chi connectivity index (χ0v) is 10.4. The van der Waals surface area contributed by atoms with E-state index in [9.17, 15) is 4.39 Å². The molecule has 0 fully saturated rings. The highest BCUT2D eigenvalue weighted by Crippen LogP contribution is 2.05. The molecule has 0 aliphatic carbocycles. The molecule has 0 radical (unpaired) electrons. The van der Waals surface area contributed by atoms with Crippen LogP contribution in [-0.4, -0.2) is 21.3 Å². The minimum absolute atomic E-state index is 0.225. The molecule has 0 aliphatic rings. The van der Waals surface area contributed by atoms with E-state index in [-0.39, 0.29) is 5.82 Å². The minimum Gasteiger partial charge on any atom is -0.310 e. The maximum absolute atomic E-state index is 13.0. The average molecular weight is 248 g/mol. The van der Waals surface area contributed by atoms with Crippen LogP contribution in [-0.2, 0) is 13.1 Å². The zero-order chi connectivity index (χ0) is 12.8. The van der Waals surface area contributed by atoms with Crippen molar-refractivity contribution in [1.29, 1.82) is 0 Å². The molecule has 1 aromatic carbocycles. The Morgan fingerprint density at radius 2 is 2.28 bits per heavy atom. The molecule has 0 unspecified atom stereocenters. The Bertz CT molecular complexity index is 495. The van der Waals surface area contributed by atoms with Crippen LogP contribution < -0.4 is 5.32 Å². The zero-order valence-electron chi connectivity index (χ0n) is 10.4. The predicted molar refractivity (Wildman–Crippen MR) is 67.5 cm³/mol. The number of nitrogens with one attached hydrogen (secondary N) is 1. The minimum atomic E-state index is -0.225. The van der Waals surface area contributed by atoms with Gasteiger partial charge in [-0.15, -0.1) is 0 Å². The molecule has 0 saturated carbocycles. The lowest BCUT2D eigenvalue weighted by molar-refractivity contribution is 0.611. The Morgan fingerprint density at radius 3 is 3.06 bits per heavy atom. The second-order valence-corrected chi connectivity index (χ2v) is 4.17. The Morgan fingerprint density at radius 1 is 1.39 bits per heavy atom. The fraction of sp³-hybridized carbons (Fsp3) is 0.385. The molecule has 0 bridgehead atoms. The van der Waals surface area contributed by atoms with Crippen LogP contribution >= 0.6 is 0 Å². The summed E-state index contributed by atoms with van der Waals surface area (Å²) in [6.07, 6.45) is 2.76. The molecule has 0 aliphatic heterocycles. The highest BCUT2D eigenvalue weighted by Gasteiger charge is 2.02. The van der Waals surface area contributed by atoms with Crippen LogP contribution in [0.15, 0.2) is 30.6 Å². The second kappa shape index (κ2) is 6.26. The van der Waals surface area contributed by atoms with Crippen molar-refractivity contribution < 1.29 is 4.39 Å². The van der Waals surface area contributed by atoms with E-state index in [4.69, 9.17) is 0 Å². The van der Waals surface area contributed by atoms with Gasteiger partial charge < -0.3 is 5.32 Å². The fourth-order valence-electron chi connectivity index (χ4n) is 1.69. The standard InChI is InChI=1S/C13H17FN4/c1-2-6-15-8-13-16-10-18(17-13)9-11-4-3-5-12(14)7-11/h3-5,7,10,15H,2,6,8-9H2,1H3. The molecule has 0 saturated heterocycles. The van der Waals surface area contributed by atoms with Crippen molar-refractivity contribution in [2.45, 2.75) is 26.4 Å². The van der Waals surface area contributed by atoms with E-state index in [1.165, 1.54) is 12.1 Å². The van der Waals surface area contributed by atoms with E-state index in [2.05, 4.69) is 22.3 Å². The average Bonchev–Trinajstić information content (AvgIpc) is 2.77. The highest BCUT2D eigenvalue weighted by molar-refractivity contribution is 5.16. The number of benzene rings is 1. The Labute approximate surface area is 106 Å². The summed E-state index contributed by atoms with van der Waals surface area (Å²) < 4.78 is 14.7. The van der Waals surface area contributed by atoms with Gasteiger partial charge in [0.1, 0.15) is 12.1 Å². The van der Waals surface area contributed by atoms with Crippen LogP contribution in [0, 0.1) is 5.82 Å². The van der Waals surface area contributed by atoms with Gasteiger partial charge in [-0.05, 0) is 30.7 Å². The first-order valence-electron chi connectivity index (χ1n) is 6.11. The molecule has 1 aromatic heterocycles. The summed E-state index contributed by atoms with van der Waals surface area (Å²) in [7, 11) is 0. The molecular formula is C13H17FN4. The molecule has 0 amide bonds. The van der Waals surface area contributed by atoms with Crippen LogP contribution in [0.3, 0.4) is 0 Å². The number of aromatic nitrogens is 3. The largest absolute Gasteiger partial charge is 0.310 e. The van der Waals surface area contributed by atoms with Gasteiger partial charge in [-0.3, -0.25) is 0 Å². The number of hydrogen-bond donors (Lipinski definition) is 1. The third-order valence-electron chi connectivity index (χ3n) is 2.53. The lowest BCUT2D eigenvalue weighted by atomic mass is 10.2. The Balaban J connectivity index is 1.94. The summed E-state index contributed by atoms with van der Waals surface area (Å²) in [6, 6.07) is 6.52. The van der Waals surface area contributed by atoms with Gasteiger partial charge in [0.2, 0.25) is 0 Å².